The summed E-state index contributed by atoms with van der Waals surface area (Å²) in [5.41, 5.74) is 0.0425. The van der Waals surface area contributed by atoms with Crippen molar-refractivity contribution in [2.24, 2.45) is 0 Å². The Bertz CT molecular complexity index is 1150. The molecule has 0 unspecified atom stereocenters. The van der Waals surface area contributed by atoms with E-state index >= 15 is 0 Å². The van der Waals surface area contributed by atoms with Gasteiger partial charge in [0.05, 0.1) is 24.0 Å². The Morgan fingerprint density at radius 1 is 0.548 bits per heavy atom. The number of benzene rings is 2. The fraction of sp³-hybridized carbons (Fsp3) is 0.385. The van der Waals surface area contributed by atoms with Crippen LogP contribution in [-0.4, -0.2) is 78.3 Å². The lowest BCUT2D eigenvalue weighted by atomic mass is 9.84. The number of carbonyl (C=O) groups excluding carboxylic acids is 4. The Morgan fingerprint density at radius 2 is 0.857 bits per heavy atom. The third kappa shape index (κ3) is 10.0. The molecule has 6 atom stereocenters. The monoisotopic (exact) mass is 704 g/mol. The first-order valence-corrected chi connectivity index (χ1v) is 14.2. The van der Waals surface area contributed by atoms with Crippen LogP contribution in [0.2, 0.25) is 0 Å². The fourth-order valence-electron chi connectivity index (χ4n) is 3.94. The van der Waals surface area contributed by atoms with Gasteiger partial charge in [-0.15, -0.1) is 0 Å². The quantitative estimate of drug-likeness (QED) is 0.228. The van der Waals surface area contributed by atoms with E-state index in [1.807, 2.05) is 0 Å². The summed E-state index contributed by atoms with van der Waals surface area (Å²) >= 11 is 34.3. The van der Waals surface area contributed by atoms with Crippen LogP contribution in [0.15, 0.2) is 60.7 Å². The summed E-state index contributed by atoms with van der Waals surface area (Å²) in [7, 11) is 0. The summed E-state index contributed by atoms with van der Waals surface area (Å²) in [6.07, 6.45) is -13.4. The molecule has 228 valence electrons. The van der Waals surface area contributed by atoms with E-state index in [1.54, 1.807) is 12.1 Å². The molecule has 0 amide bonds. The number of hydrogen-bond acceptors (Lipinski definition) is 10. The average Bonchev–Trinajstić information content (AvgIpc) is 2.90. The first kappa shape index (κ1) is 34.5. The normalized spacial score (nSPS) is 24.3. The number of halogens is 6. The number of rotatable bonds is 8. The summed E-state index contributed by atoms with van der Waals surface area (Å²) in [6, 6.07) is 14.9. The minimum atomic E-state index is -2.14. The largest absolute Gasteiger partial charge is 0.454 e. The third-order valence-corrected chi connectivity index (χ3v) is 6.53. The Kier molecular flexibility index (Phi) is 12.0. The Hall–Kier alpha value is -2.02. The van der Waals surface area contributed by atoms with Gasteiger partial charge < -0.3 is 29.2 Å². The molecule has 0 aliphatic heterocycles. The first-order valence-electron chi connectivity index (χ1n) is 12.0. The zero-order valence-corrected chi connectivity index (χ0v) is 25.6. The van der Waals surface area contributed by atoms with E-state index in [1.165, 1.54) is 48.5 Å². The van der Waals surface area contributed by atoms with Gasteiger partial charge in [0.2, 0.25) is 7.59 Å². The van der Waals surface area contributed by atoms with Crippen molar-refractivity contribution in [3.63, 3.8) is 0 Å². The Balaban J connectivity index is 2.04. The second-order valence-electron chi connectivity index (χ2n) is 8.95. The predicted octanol–water partition coefficient (Wildman–Crippen LogP) is 4.52. The molecule has 42 heavy (non-hydrogen) atoms. The first-order chi connectivity index (χ1) is 19.6. The SMILES string of the molecule is O=C(CC(Cl)(Cl)Cl)O[C@H]1[C@H](OC(=O)CC(Cl)(Cl)Cl)[C@@H](OC(=O)c2ccccc2)[C@@H](O)[C@@H](O)[C@@H]1OC(=O)c1ccccc1. The fourth-order valence-corrected chi connectivity index (χ4v) is 4.59. The van der Waals surface area contributed by atoms with Crippen LogP contribution < -0.4 is 0 Å². The molecule has 1 fully saturated rings. The predicted molar refractivity (Wildman–Crippen MR) is 153 cm³/mol. The highest BCUT2D eigenvalue weighted by Gasteiger charge is 2.58. The molecule has 0 aromatic heterocycles. The molecule has 2 N–H and O–H groups in total. The topological polar surface area (TPSA) is 146 Å². The number of esters is 4. The van der Waals surface area contributed by atoms with Crippen molar-refractivity contribution in [1.82, 2.24) is 0 Å². The molecule has 1 saturated carbocycles. The van der Waals surface area contributed by atoms with Crippen LogP contribution >= 0.6 is 69.6 Å². The number of hydrogen-bond donors (Lipinski definition) is 2. The standard InChI is InChI=1S/C26H22Cl6O10/c27-25(28,29)11-15(33)39-21-19(41-23(37)13-7-3-1-4-8-13)17(35)18(36)20(22(21)40-16(34)12-26(30,31)32)42-24(38)14-9-5-2-6-10-14/h1-10,17-22,35-36H,11-12H2/t17-,18+,19-,20-,21+,22+/m0/s1. The van der Waals surface area contributed by atoms with Crippen molar-refractivity contribution in [3.05, 3.63) is 71.8 Å². The van der Waals surface area contributed by atoms with Crippen LogP contribution in [0, 0.1) is 0 Å². The second kappa shape index (κ2) is 14.6. The van der Waals surface area contributed by atoms with Crippen molar-refractivity contribution in [3.8, 4) is 0 Å². The molecular weight excluding hydrogens is 685 g/mol. The average molecular weight is 707 g/mol. The van der Waals surface area contributed by atoms with Crippen LogP contribution in [0.4, 0.5) is 0 Å². The number of aliphatic hydroxyl groups is 2. The van der Waals surface area contributed by atoms with Crippen LogP contribution in [0.3, 0.4) is 0 Å². The lowest BCUT2D eigenvalue weighted by Gasteiger charge is -2.45. The summed E-state index contributed by atoms with van der Waals surface area (Å²) in [5.74, 6) is -4.44. The van der Waals surface area contributed by atoms with Gasteiger partial charge in [-0.1, -0.05) is 106 Å². The molecule has 0 bridgehead atoms. The number of alkyl halides is 6. The molecule has 16 heteroatoms. The molecule has 2 aromatic rings. The molecule has 1 aliphatic rings. The maximum Gasteiger partial charge on any atom is 0.338 e. The number of aliphatic hydroxyl groups excluding tert-OH is 2. The second-order valence-corrected chi connectivity index (χ2v) is 14.0. The molecule has 0 saturated heterocycles. The summed E-state index contributed by atoms with van der Waals surface area (Å²) in [5, 5.41) is 22.1. The van der Waals surface area contributed by atoms with Crippen LogP contribution in [0.1, 0.15) is 33.6 Å². The van der Waals surface area contributed by atoms with Crippen LogP contribution in [0.25, 0.3) is 0 Å². The maximum absolute atomic E-state index is 12.9. The van der Waals surface area contributed by atoms with Gasteiger partial charge in [-0.3, -0.25) is 9.59 Å². The van der Waals surface area contributed by atoms with Gasteiger partial charge in [-0.2, -0.15) is 0 Å². The Morgan fingerprint density at radius 3 is 1.14 bits per heavy atom. The molecule has 0 radical (unpaired) electrons. The van der Waals surface area contributed by atoms with Gasteiger partial charge >= 0.3 is 23.9 Å². The van der Waals surface area contributed by atoms with Crippen molar-refractivity contribution in [1.29, 1.82) is 0 Å². The Labute approximate surface area is 269 Å². The lowest BCUT2D eigenvalue weighted by Crippen LogP contribution is -2.67. The molecule has 1 aliphatic carbocycles. The minimum absolute atomic E-state index is 0.0212. The maximum atomic E-state index is 12.9. The van der Waals surface area contributed by atoms with E-state index in [4.69, 9.17) is 88.6 Å². The summed E-state index contributed by atoms with van der Waals surface area (Å²) < 4.78 is 17.3. The highest BCUT2D eigenvalue weighted by molar-refractivity contribution is 6.68. The minimum Gasteiger partial charge on any atom is -0.454 e. The van der Waals surface area contributed by atoms with E-state index in [-0.39, 0.29) is 11.1 Å². The van der Waals surface area contributed by atoms with Gasteiger partial charge in [0, 0.05) is 0 Å². The van der Waals surface area contributed by atoms with E-state index in [0.717, 1.165) is 0 Å². The molecule has 10 nitrogen and oxygen atoms in total. The molecule has 0 spiro atoms. The van der Waals surface area contributed by atoms with Crippen LogP contribution in [-0.2, 0) is 28.5 Å². The zero-order chi connectivity index (χ0) is 31.2. The summed E-state index contributed by atoms with van der Waals surface area (Å²) in [4.78, 5) is 51.4. The highest BCUT2D eigenvalue weighted by Crippen LogP contribution is 2.36. The van der Waals surface area contributed by atoms with Crippen molar-refractivity contribution in [2.45, 2.75) is 57.1 Å². The van der Waals surface area contributed by atoms with E-state index in [2.05, 4.69) is 0 Å². The van der Waals surface area contributed by atoms with Gasteiger partial charge in [-0.25, -0.2) is 9.59 Å². The van der Waals surface area contributed by atoms with Gasteiger partial charge in [0.15, 0.2) is 24.4 Å². The lowest BCUT2D eigenvalue weighted by molar-refractivity contribution is -0.241. The smallest absolute Gasteiger partial charge is 0.338 e. The van der Waals surface area contributed by atoms with Crippen LogP contribution in [0.5, 0.6) is 0 Å². The van der Waals surface area contributed by atoms with Gasteiger partial charge in [0.1, 0.15) is 12.2 Å². The van der Waals surface area contributed by atoms with Gasteiger partial charge in [0.25, 0.3) is 0 Å². The summed E-state index contributed by atoms with van der Waals surface area (Å²) in [6.45, 7) is 0. The highest BCUT2D eigenvalue weighted by atomic mass is 35.6. The number of ether oxygens (including phenoxy) is 4. The molecule has 2 aromatic carbocycles. The van der Waals surface area contributed by atoms with Crippen molar-refractivity contribution < 1.29 is 48.3 Å². The van der Waals surface area contributed by atoms with E-state index in [9.17, 15) is 29.4 Å². The molecule has 3 rings (SSSR count). The van der Waals surface area contributed by atoms with Crippen molar-refractivity contribution >= 4 is 93.5 Å². The third-order valence-electron chi connectivity index (χ3n) is 5.72. The molecule has 0 heterocycles. The number of carbonyl (C=O) groups is 4. The van der Waals surface area contributed by atoms with Gasteiger partial charge in [-0.05, 0) is 24.3 Å². The zero-order valence-electron chi connectivity index (χ0n) is 21.1. The van der Waals surface area contributed by atoms with Crippen molar-refractivity contribution in [2.75, 3.05) is 0 Å². The van der Waals surface area contributed by atoms with E-state index < -0.39 is 80.9 Å². The molecular formula is C26H22Cl6O10. The van der Waals surface area contributed by atoms with E-state index in [0.29, 0.717) is 0 Å².